The average Bonchev–Trinajstić information content (AvgIpc) is 3.68. The second kappa shape index (κ2) is 9.21. The van der Waals surface area contributed by atoms with Gasteiger partial charge in [0.1, 0.15) is 11.5 Å². The van der Waals surface area contributed by atoms with E-state index in [1.54, 1.807) is 6.07 Å². The lowest BCUT2D eigenvalue weighted by Gasteiger charge is -2.11. The van der Waals surface area contributed by atoms with Crippen LogP contribution in [-0.2, 0) is 24.2 Å². The molecule has 0 aliphatic carbocycles. The molecule has 1 saturated heterocycles. The molecule has 0 aromatic heterocycles. The molecule has 1 unspecified atom stereocenters. The fraction of sp³-hybridized carbons (Fsp3) is 0.143. The maximum Gasteiger partial charge on any atom is 0.174 e. The SMILES string of the molecule is [O-][S+](c1ccc(CC#Cc2ccc3cc(O)c(Cc4ccccc4)c(O)c3c2)cc1)N1CC1. The van der Waals surface area contributed by atoms with E-state index in [1.165, 1.54) is 0 Å². The maximum absolute atomic E-state index is 12.2. The lowest BCUT2D eigenvalue weighted by molar-refractivity contribution is 0.445. The number of rotatable bonds is 5. The van der Waals surface area contributed by atoms with Crippen LogP contribution >= 0.6 is 0 Å². The van der Waals surface area contributed by atoms with Gasteiger partial charge in [0.25, 0.3) is 0 Å². The molecule has 0 bridgehead atoms. The lowest BCUT2D eigenvalue weighted by Crippen LogP contribution is -2.11. The van der Waals surface area contributed by atoms with Crippen LogP contribution in [-0.4, -0.2) is 32.2 Å². The van der Waals surface area contributed by atoms with Crippen LogP contribution in [0.2, 0.25) is 0 Å². The third-order valence-electron chi connectivity index (χ3n) is 5.71. The summed E-state index contributed by atoms with van der Waals surface area (Å²) in [4.78, 5) is 0.823. The smallest absolute Gasteiger partial charge is 0.174 e. The van der Waals surface area contributed by atoms with E-state index in [0.717, 1.165) is 40.1 Å². The Bertz CT molecular complexity index is 1350. The van der Waals surface area contributed by atoms with Crippen molar-refractivity contribution < 1.29 is 14.8 Å². The summed E-state index contributed by atoms with van der Waals surface area (Å²) >= 11 is -1.04. The van der Waals surface area contributed by atoms with Gasteiger partial charge < -0.3 is 14.8 Å². The number of benzene rings is 4. The van der Waals surface area contributed by atoms with Gasteiger partial charge >= 0.3 is 0 Å². The maximum atomic E-state index is 12.2. The normalized spacial score (nSPS) is 14.0. The molecular weight excluding hydrogens is 430 g/mol. The predicted octanol–water partition coefficient (Wildman–Crippen LogP) is 4.77. The Morgan fingerprint density at radius 1 is 0.879 bits per heavy atom. The highest BCUT2D eigenvalue weighted by Gasteiger charge is 2.32. The van der Waals surface area contributed by atoms with Gasteiger partial charge in [0, 0.05) is 29.4 Å². The van der Waals surface area contributed by atoms with Crippen LogP contribution in [0.1, 0.15) is 22.3 Å². The monoisotopic (exact) mass is 453 g/mol. The van der Waals surface area contributed by atoms with Gasteiger partial charge in [0.2, 0.25) is 0 Å². The van der Waals surface area contributed by atoms with Crippen molar-refractivity contribution in [1.29, 1.82) is 0 Å². The molecule has 4 nitrogen and oxygen atoms in total. The van der Waals surface area contributed by atoms with Crippen molar-refractivity contribution in [2.24, 2.45) is 0 Å². The van der Waals surface area contributed by atoms with Crippen molar-refractivity contribution in [3.8, 4) is 23.3 Å². The highest BCUT2D eigenvalue weighted by Crippen LogP contribution is 2.37. The molecule has 2 N–H and O–H groups in total. The highest BCUT2D eigenvalue weighted by atomic mass is 32.2. The summed E-state index contributed by atoms with van der Waals surface area (Å²) in [5, 5.41) is 22.8. The van der Waals surface area contributed by atoms with Gasteiger partial charge in [-0.2, -0.15) is 0 Å². The Morgan fingerprint density at radius 3 is 2.36 bits per heavy atom. The van der Waals surface area contributed by atoms with Crippen LogP contribution < -0.4 is 0 Å². The second-order valence-corrected chi connectivity index (χ2v) is 9.61. The van der Waals surface area contributed by atoms with E-state index in [9.17, 15) is 14.8 Å². The van der Waals surface area contributed by atoms with E-state index >= 15 is 0 Å². The fourth-order valence-corrected chi connectivity index (χ4v) is 4.87. The minimum absolute atomic E-state index is 0.0885. The van der Waals surface area contributed by atoms with E-state index < -0.39 is 11.4 Å². The van der Waals surface area contributed by atoms with Gasteiger partial charge in [-0.3, -0.25) is 0 Å². The lowest BCUT2D eigenvalue weighted by atomic mass is 9.97. The molecule has 1 fully saturated rings. The summed E-state index contributed by atoms with van der Waals surface area (Å²) in [5.74, 6) is 6.53. The molecule has 1 aliphatic rings. The van der Waals surface area contributed by atoms with Crippen LogP contribution in [0.4, 0.5) is 0 Å². The summed E-state index contributed by atoms with van der Waals surface area (Å²) in [6.45, 7) is 1.79. The molecule has 5 rings (SSSR count). The first kappa shape index (κ1) is 21.4. The molecule has 0 radical (unpaired) electrons. The molecule has 33 heavy (non-hydrogen) atoms. The van der Waals surface area contributed by atoms with Crippen LogP contribution in [0.3, 0.4) is 0 Å². The Morgan fingerprint density at radius 2 is 1.64 bits per heavy atom. The summed E-state index contributed by atoms with van der Waals surface area (Å²) in [5.41, 5.74) is 3.39. The number of aromatic hydroxyl groups is 2. The van der Waals surface area contributed by atoms with Gasteiger partial charge in [0.15, 0.2) is 4.90 Å². The topological polar surface area (TPSA) is 66.5 Å². The van der Waals surface area contributed by atoms with Gasteiger partial charge in [-0.1, -0.05) is 60.4 Å². The van der Waals surface area contributed by atoms with E-state index in [-0.39, 0.29) is 11.5 Å². The number of hydrogen-bond donors (Lipinski definition) is 2. The highest BCUT2D eigenvalue weighted by molar-refractivity contribution is 7.89. The molecule has 1 heterocycles. The molecule has 0 saturated carbocycles. The Labute approximate surface area is 196 Å². The molecule has 4 aromatic rings. The number of nitrogens with zero attached hydrogens (tertiary/aromatic N) is 1. The molecule has 164 valence electrons. The van der Waals surface area contributed by atoms with Crippen molar-refractivity contribution in [3.05, 3.63) is 101 Å². The van der Waals surface area contributed by atoms with E-state index in [2.05, 4.69) is 11.8 Å². The standard InChI is InChI=1S/C28H23NO3S/c30-27-19-23-12-9-22(17-25(23)28(31)26(27)18-21-5-2-1-3-6-21)8-4-7-20-10-13-24(14-11-20)33(32)29-15-16-29/h1-3,5-6,9-14,17,19,30-31H,7,15-16,18H2. The first-order valence-corrected chi connectivity index (χ1v) is 12.0. The van der Waals surface area contributed by atoms with Gasteiger partial charge in [-0.25, -0.2) is 0 Å². The van der Waals surface area contributed by atoms with Crippen molar-refractivity contribution in [2.75, 3.05) is 13.1 Å². The molecular formula is C28H23NO3S. The summed E-state index contributed by atoms with van der Waals surface area (Å²) < 4.78 is 14.1. The van der Waals surface area contributed by atoms with E-state index in [0.29, 0.717) is 23.8 Å². The largest absolute Gasteiger partial charge is 0.593 e. The van der Waals surface area contributed by atoms with Crippen LogP contribution in [0.15, 0.2) is 83.8 Å². The zero-order valence-corrected chi connectivity index (χ0v) is 18.8. The third kappa shape index (κ3) is 4.84. The molecule has 0 amide bonds. The first-order valence-electron chi connectivity index (χ1n) is 10.8. The number of hydrogen-bond acceptors (Lipinski definition) is 4. The molecule has 4 aromatic carbocycles. The predicted molar refractivity (Wildman–Crippen MR) is 132 cm³/mol. The van der Waals surface area contributed by atoms with E-state index in [1.807, 2.05) is 77.1 Å². The molecule has 1 aliphatic heterocycles. The Hall–Kier alpha value is -3.43. The summed E-state index contributed by atoms with van der Waals surface area (Å²) in [6, 6.07) is 24.8. The zero-order chi connectivity index (χ0) is 22.8. The summed E-state index contributed by atoms with van der Waals surface area (Å²) in [6.07, 6.45) is 1.03. The number of phenols is 2. The van der Waals surface area contributed by atoms with Crippen LogP contribution in [0.5, 0.6) is 11.5 Å². The van der Waals surface area contributed by atoms with Crippen molar-refractivity contribution in [3.63, 3.8) is 0 Å². The van der Waals surface area contributed by atoms with Gasteiger partial charge in [-0.05, 0) is 46.8 Å². The minimum Gasteiger partial charge on any atom is -0.593 e. The average molecular weight is 454 g/mol. The van der Waals surface area contributed by atoms with E-state index in [4.69, 9.17) is 0 Å². The Kier molecular flexibility index (Phi) is 5.97. The quantitative estimate of drug-likeness (QED) is 0.259. The van der Waals surface area contributed by atoms with Crippen LogP contribution in [0, 0.1) is 11.8 Å². The first-order chi connectivity index (χ1) is 16.1. The minimum atomic E-state index is -1.04. The van der Waals surface area contributed by atoms with Gasteiger partial charge in [-0.15, -0.1) is 4.31 Å². The number of phenolic OH excluding ortho intramolecular Hbond substituents is 2. The molecule has 0 spiro atoms. The molecule has 5 heteroatoms. The fourth-order valence-electron chi connectivity index (χ4n) is 3.79. The van der Waals surface area contributed by atoms with Crippen molar-refractivity contribution in [1.82, 2.24) is 4.31 Å². The second-order valence-electron chi connectivity index (χ2n) is 8.12. The zero-order valence-electron chi connectivity index (χ0n) is 18.0. The van der Waals surface area contributed by atoms with Gasteiger partial charge in [0.05, 0.1) is 24.5 Å². The Balaban J connectivity index is 1.35. The van der Waals surface area contributed by atoms with Crippen molar-refractivity contribution >= 4 is 22.1 Å². The third-order valence-corrected chi connectivity index (χ3v) is 7.22. The van der Waals surface area contributed by atoms with Crippen LogP contribution in [0.25, 0.3) is 10.8 Å². The molecule has 1 atom stereocenters. The number of fused-ring (bicyclic) bond motifs is 1. The van der Waals surface area contributed by atoms with Crippen molar-refractivity contribution in [2.45, 2.75) is 17.7 Å². The summed E-state index contributed by atoms with van der Waals surface area (Å²) in [7, 11) is 0.